The summed E-state index contributed by atoms with van der Waals surface area (Å²) in [6, 6.07) is 7.42. The van der Waals surface area contributed by atoms with Crippen molar-refractivity contribution >= 4 is 5.96 Å². The highest BCUT2D eigenvalue weighted by atomic mass is 16.5. The van der Waals surface area contributed by atoms with Crippen molar-refractivity contribution in [1.29, 1.82) is 0 Å². The van der Waals surface area contributed by atoms with Crippen molar-refractivity contribution in [3.8, 4) is 11.5 Å². The lowest BCUT2D eigenvalue weighted by Gasteiger charge is -2.28. The van der Waals surface area contributed by atoms with Crippen LogP contribution in [0.2, 0.25) is 0 Å². The number of hydrogen-bond donors (Lipinski definition) is 2. The molecule has 2 N–H and O–H groups in total. The molecule has 3 rings (SSSR count). The van der Waals surface area contributed by atoms with Crippen LogP contribution in [0.1, 0.15) is 51.5 Å². The van der Waals surface area contributed by atoms with E-state index in [1.165, 1.54) is 44.2 Å². The molecular weight excluding hydrogens is 364 g/mol. The highest BCUT2D eigenvalue weighted by Crippen LogP contribution is 2.33. The topological polar surface area (TPSA) is 58.1 Å². The molecule has 0 bridgehead atoms. The van der Waals surface area contributed by atoms with Crippen LogP contribution in [0.5, 0.6) is 11.5 Å². The molecule has 0 radical (unpaired) electrons. The third-order valence-electron chi connectivity index (χ3n) is 6.49. The Morgan fingerprint density at radius 1 is 1.14 bits per heavy atom. The number of aliphatic imine (C=N–C) groups is 1. The second-order valence-corrected chi connectivity index (χ2v) is 8.94. The molecule has 6 nitrogen and oxygen atoms in total. The van der Waals surface area contributed by atoms with Crippen LogP contribution >= 0.6 is 0 Å². The first-order valence-electron chi connectivity index (χ1n) is 10.9. The summed E-state index contributed by atoms with van der Waals surface area (Å²) in [6.45, 7) is 7.57. The number of guanidine groups is 1. The van der Waals surface area contributed by atoms with Gasteiger partial charge in [-0.3, -0.25) is 9.89 Å². The van der Waals surface area contributed by atoms with Crippen molar-refractivity contribution in [1.82, 2.24) is 15.5 Å². The highest BCUT2D eigenvalue weighted by molar-refractivity contribution is 5.80. The van der Waals surface area contributed by atoms with E-state index in [1.807, 2.05) is 13.1 Å². The molecule has 1 aromatic rings. The summed E-state index contributed by atoms with van der Waals surface area (Å²) in [5.41, 5.74) is 1.12. The van der Waals surface area contributed by atoms with E-state index in [2.05, 4.69) is 46.5 Å². The van der Waals surface area contributed by atoms with Gasteiger partial charge in [-0.25, -0.2) is 0 Å². The molecule has 1 saturated heterocycles. The Morgan fingerprint density at radius 2 is 1.86 bits per heavy atom. The molecule has 1 heterocycles. The summed E-state index contributed by atoms with van der Waals surface area (Å²) in [4.78, 5) is 7.14. The molecule has 1 saturated carbocycles. The molecule has 29 heavy (non-hydrogen) atoms. The minimum atomic E-state index is -0.0806. The number of methoxy groups -OCH3 is 2. The van der Waals surface area contributed by atoms with E-state index in [4.69, 9.17) is 9.47 Å². The van der Waals surface area contributed by atoms with Crippen molar-refractivity contribution in [2.45, 2.75) is 63.5 Å². The molecule has 0 aromatic heterocycles. The van der Waals surface area contributed by atoms with E-state index in [1.54, 1.807) is 14.2 Å². The summed E-state index contributed by atoms with van der Waals surface area (Å²) in [5, 5.41) is 7.17. The summed E-state index contributed by atoms with van der Waals surface area (Å²) in [7, 11) is 5.19. The fourth-order valence-corrected chi connectivity index (χ4v) is 4.56. The predicted octanol–water partition coefficient (Wildman–Crippen LogP) is 3.16. The number of nitrogens with zero attached hydrogens (tertiary/aromatic N) is 2. The van der Waals surface area contributed by atoms with Gasteiger partial charge in [0.2, 0.25) is 0 Å². The molecule has 1 aliphatic carbocycles. The number of benzene rings is 1. The van der Waals surface area contributed by atoms with Gasteiger partial charge < -0.3 is 20.1 Å². The molecule has 2 aliphatic rings. The molecule has 1 aliphatic heterocycles. The lowest BCUT2D eigenvalue weighted by molar-refractivity contribution is 0.242. The monoisotopic (exact) mass is 402 g/mol. The van der Waals surface area contributed by atoms with E-state index in [9.17, 15) is 0 Å². The first-order valence-corrected chi connectivity index (χ1v) is 10.9. The quantitative estimate of drug-likeness (QED) is 0.542. The van der Waals surface area contributed by atoms with Gasteiger partial charge in [0.25, 0.3) is 0 Å². The molecule has 2 fully saturated rings. The molecule has 162 valence electrons. The second-order valence-electron chi connectivity index (χ2n) is 8.94. The average molecular weight is 403 g/mol. The summed E-state index contributed by atoms with van der Waals surface area (Å²) >= 11 is 0. The minimum absolute atomic E-state index is 0.0806. The number of ether oxygens (including phenoxy) is 2. The predicted molar refractivity (Wildman–Crippen MR) is 119 cm³/mol. The lowest BCUT2D eigenvalue weighted by atomic mass is 9.84. The van der Waals surface area contributed by atoms with Crippen LogP contribution in [0, 0.1) is 0 Å². The molecule has 0 amide bonds. The lowest BCUT2D eigenvalue weighted by Crippen LogP contribution is -2.48. The maximum Gasteiger partial charge on any atom is 0.191 e. The molecule has 1 unspecified atom stereocenters. The zero-order valence-electron chi connectivity index (χ0n) is 18.8. The molecule has 6 heteroatoms. The van der Waals surface area contributed by atoms with Crippen LogP contribution in [0.3, 0.4) is 0 Å². The highest BCUT2D eigenvalue weighted by Gasteiger charge is 2.30. The zero-order valence-corrected chi connectivity index (χ0v) is 18.8. The van der Waals surface area contributed by atoms with Gasteiger partial charge in [-0.15, -0.1) is 0 Å². The average Bonchev–Trinajstić information content (AvgIpc) is 3.42. The van der Waals surface area contributed by atoms with Gasteiger partial charge in [-0.05, 0) is 37.0 Å². The molecule has 1 atom stereocenters. The van der Waals surface area contributed by atoms with E-state index in [-0.39, 0.29) is 5.41 Å². The summed E-state index contributed by atoms with van der Waals surface area (Å²) in [5.74, 6) is 2.40. The Bertz CT molecular complexity index is 698. The van der Waals surface area contributed by atoms with Crippen LogP contribution in [0.15, 0.2) is 23.2 Å². The molecule has 1 aromatic carbocycles. The fourth-order valence-electron chi connectivity index (χ4n) is 4.56. The van der Waals surface area contributed by atoms with Crippen molar-refractivity contribution in [2.75, 3.05) is 40.9 Å². The number of nitrogens with one attached hydrogen (secondary N) is 2. The fraction of sp³-hybridized carbons (Fsp3) is 0.696. The molecular formula is C23H38N4O2. The van der Waals surface area contributed by atoms with Gasteiger partial charge in [-0.2, -0.15) is 0 Å². The van der Waals surface area contributed by atoms with Crippen molar-refractivity contribution in [2.24, 2.45) is 4.99 Å². The summed E-state index contributed by atoms with van der Waals surface area (Å²) < 4.78 is 10.8. The number of rotatable bonds is 7. The minimum Gasteiger partial charge on any atom is -0.493 e. The van der Waals surface area contributed by atoms with Gasteiger partial charge in [0.1, 0.15) is 0 Å². The van der Waals surface area contributed by atoms with Crippen LogP contribution in [-0.4, -0.2) is 63.8 Å². The van der Waals surface area contributed by atoms with Crippen molar-refractivity contribution in [3.63, 3.8) is 0 Å². The van der Waals surface area contributed by atoms with Crippen LogP contribution < -0.4 is 20.1 Å². The Balaban J connectivity index is 1.54. The van der Waals surface area contributed by atoms with E-state index < -0.39 is 0 Å². The van der Waals surface area contributed by atoms with Gasteiger partial charge >= 0.3 is 0 Å². The van der Waals surface area contributed by atoms with Gasteiger partial charge in [0.15, 0.2) is 17.5 Å². The maximum absolute atomic E-state index is 5.47. The van der Waals surface area contributed by atoms with Crippen molar-refractivity contribution in [3.05, 3.63) is 23.8 Å². The van der Waals surface area contributed by atoms with E-state index in [0.29, 0.717) is 6.04 Å². The third-order valence-corrected chi connectivity index (χ3v) is 6.49. The Morgan fingerprint density at radius 3 is 2.52 bits per heavy atom. The number of hydrogen-bond acceptors (Lipinski definition) is 4. The Hall–Kier alpha value is -1.95. The largest absolute Gasteiger partial charge is 0.493 e. The van der Waals surface area contributed by atoms with Crippen molar-refractivity contribution < 1.29 is 9.47 Å². The SMILES string of the molecule is CN=C(NCC(C)(C)c1ccc(OC)c(OC)c1)NC1CCN(C2CCCC2)C1. The first-order chi connectivity index (χ1) is 14.0. The zero-order chi connectivity index (χ0) is 20.9. The smallest absolute Gasteiger partial charge is 0.191 e. The van der Waals surface area contributed by atoms with E-state index >= 15 is 0 Å². The van der Waals surface area contributed by atoms with Crippen LogP contribution in [0.4, 0.5) is 0 Å². The number of likely N-dealkylation sites (tertiary alicyclic amines) is 1. The van der Waals surface area contributed by atoms with Gasteiger partial charge in [0, 0.05) is 44.2 Å². The Kier molecular flexibility index (Phi) is 7.28. The van der Waals surface area contributed by atoms with Crippen LogP contribution in [-0.2, 0) is 5.41 Å². The molecule has 0 spiro atoms. The normalized spacial score (nSPS) is 21.4. The summed E-state index contributed by atoms with van der Waals surface area (Å²) in [6.07, 6.45) is 6.73. The van der Waals surface area contributed by atoms with E-state index in [0.717, 1.165) is 36.6 Å². The van der Waals surface area contributed by atoms with Gasteiger partial charge in [-0.1, -0.05) is 32.8 Å². The van der Waals surface area contributed by atoms with Crippen LogP contribution in [0.25, 0.3) is 0 Å². The van der Waals surface area contributed by atoms with Gasteiger partial charge in [0.05, 0.1) is 14.2 Å². The Labute approximate surface area is 176 Å². The first kappa shape index (κ1) is 21.8. The standard InChI is InChI=1S/C23H38N4O2/c1-23(2,17-10-11-20(28-4)21(14-17)29-5)16-25-22(24-3)26-18-12-13-27(15-18)19-8-6-7-9-19/h10-11,14,18-19H,6-9,12-13,15-16H2,1-5H3,(H2,24,25,26). The third kappa shape index (κ3) is 5.35. The maximum atomic E-state index is 5.47. The second kappa shape index (κ2) is 9.70.